The van der Waals surface area contributed by atoms with Crippen LogP contribution in [0.3, 0.4) is 0 Å². The van der Waals surface area contributed by atoms with Gasteiger partial charge in [-0.1, -0.05) is 13.0 Å². The van der Waals surface area contributed by atoms with E-state index in [-0.39, 0.29) is 16.8 Å². The van der Waals surface area contributed by atoms with Gasteiger partial charge in [0.25, 0.3) is 5.91 Å². The van der Waals surface area contributed by atoms with E-state index < -0.39 is 10.0 Å². The summed E-state index contributed by atoms with van der Waals surface area (Å²) >= 11 is 1.66. The van der Waals surface area contributed by atoms with Gasteiger partial charge in [-0.25, -0.2) is 13.1 Å². The maximum absolute atomic E-state index is 12.2. The average molecular weight is 367 g/mol. The molecule has 5 nitrogen and oxygen atoms in total. The summed E-state index contributed by atoms with van der Waals surface area (Å²) in [5.41, 5.74) is 0.448. The fraction of sp³-hybridized carbons (Fsp3) is 0.353. The lowest BCUT2D eigenvalue weighted by Gasteiger charge is -2.12. The number of carbonyl (C=O) groups is 1. The number of benzene rings is 1. The molecule has 2 N–H and O–H groups in total. The molecule has 2 aromatic rings. The van der Waals surface area contributed by atoms with E-state index in [0.717, 1.165) is 6.42 Å². The molecule has 0 radical (unpaired) electrons. The maximum atomic E-state index is 12.2. The van der Waals surface area contributed by atoms with E-state index in [4.69, 9.17) is 0 Å². The van der Waals surface area contributed by atoms with E-state index in [0.29, 0.717) is 18.5 Å². The Labute approximate surface area is 147 Å². The van der Waals surface area contributed by atoms with Gasteiger partial charge in [0.1, 0.15) is 0 Å². The van der Waals surface area contributed by atoms with Crippen molar-refractivity contribution in [3.63, 3.8) is 0 Å². The molecule has 2 rings (SSSR count). The van der Waals surface area contributed by atoms with Crippen molar-refractivity contribution in [2.24, 2.45) is 0 Å². The normalized spacial score (nSPS) is 12.8. The molecule has 0 aliphatic rings. The third kappa shape index (κ3) is 5.15. The topological polar surface area (TPSA) is 75.3 Å². The Hall–Kier alpha value is -1.70. The molecule has 0 aliphatic heterocycles. The highest BCUT2D eigenvalue weighted by Crippen LogP contribution is 2.12. The summed E-state index contributed by atoms with van der Waals surface area (Å²) in [6.45, 7) is 4.28. The minimum Gasteiger partial charge on any atom is -0.352 e. The molecule has 1 aromatic carbocycles. The second-order valence-corrected chi connectivity index (χ2v) is 8.29. The zero-order chi connectivity index (χ0) is 17.6. The van der Waals surface area contributed by atoms with Crippen LogP contribution < -0.4 is 10.0 Å². The Morgan fingerprint density at radius 3 is 2.50 bits per heavy atom. The predicted molar refractivity (Wildman–Crippen MR) is 96.9 cm³/mol. The van der Waals surface area contributed by atoms with Crippen LogP contribution in [0.4, 0.5) is 0 Å². The van der Waals surface area contributed by atoms with Crippen LogP contribution in [-0.4, -0.2) is 26.9 Å². The van der Waals surface area contributed by atoms with Crippen molar-refractivity contribution in [2.45, 2.75) is 37.6 Å². The van der Waals surface area contributed by atoms with Crippen molar-refractivity contribution >= 4 is 27.3 Å². The van der Waals surface area contributed by atoms with E-state index in [1.165, 1.54) is 29.1 Å². The minimum atomic E-state index is -3.54. The minimum absolute atomic E-state index is 0.129. The molecule has 0 aliphatic carbocycles. The molecule has 1 unspecified atom stereocenters. The highest BCUT2D eigenvalue weighted by molar-refractivity contribution is 7.89. The number of amides is 1. The Morgan fingerprint density at radius 2 is 1.92 bits per heavy atom. The molecule has 1 aromatic heterocycles. The summed E-state index contributed by atoms with van der Waals surface area (Å²) in [7, 11) is -3.54. The van der Waals surface area contributed by atoms with E-state index in [2.05, 4.69) is 10.0 Å². The van der Waals surface area contributed by atoms with Gasteiger partial charge in [-0.15, -0.1) is 11.3 Å². The summed E-state index contributed by atoms with van der Waals surface area (Å²) in [5, 5.41) is 4.84. The van der Waals surface area contributed by atoms with Crippen molar-refractivity contribution in [3.8, 4) is 0 Å². The third-order valence-corrected chi connectivity index (χ3v) is 6.17. The zero-order valence-electron chi connectivity index (χ0n) is 13.8. The molecule has 1 atom stereocenters. The van der Waals surface area contributed by atoms with Gasteiger partial charge in [0, 0.05) is 23.0 Å². The monoisotopic (exact) mass is 366 g/mol. The van der Waals surface area contributed by atoms with E-state index in [1.807, 2.05) is 31.4 Å². The van der Waals surface area contributed by atoms with E-state index in [1.54, 1.807) is 11.3 Å². The van der Waals surface area contributed by atoms with Crippen LogP contribution in [0, 0.1) is 0 Å². The van der Waals surface area contributed by atoms with Crippen molar-refractivity contribution in [2.75, 3.05) is 6.54 Å². The summed E-state index contributed by atoms with van der Waals surface area (Å²) in [5.74, 6) is -0.203. The van der Waals surface area contributed by atoms with Crippen LogP contribution in [0.1, 0.15) is 35.5 Å². The van der Waals surface area contributed by atoms with E-state index in [9.17, 15) is 13.2 Å². The second-order valence-electron chi connectivity index (χ2n) is 5.54. The SMILES string of the molecule is CCC(C)NS(=O)(=O)c1ccc(C(=O)NCCc2cccs2)cc1. The first kappa shape index (κ1) is 18.6. The summed E-state index contributed by atoms with van der Waals surface area (Å²) in [6.07, 6.45) is 1.50. The highest BCUT2D eigenvalue weighted by Gasteiger charge is 2.17. The predicted octanol–water partition coefficient (Wildman–Crippen LogP) is 2.80. The first-order valence-corrected chi connectivity index (χ1v) is 10.2. The zero-order valence-corrected chi connectivity index (χ0v) is 15.4. The highest BCUT2D eigenvalue weighted by atomic mass is 32.2. The molecule has 0 saturated heterocycles. The fourth-order valence-electron chi connectivity index (χ4n) is 2.06. The molecule has 0 bridgehead atoms. The van der Waals surface area contributed by atoms with Crippen molar-refractivity contribution in [1.82, 2.24) is 10.0 Å². The number of nitrogens with one attached hydrogen (secondary N) is 2. The quantitative estimate of drug-likeness (QED) is 0.754. The Balaban J connectivity index is 1.94. The first-order chi connectivity index (χ1) is 11.4. The van der Waals surface area contributed by atoms with Gasteiger partial charge in [-0.2, -0.15) is 0 Å². The number of hydrogen-bond acceptors (Lipinski definition) is 4. The molecule has 24 heavy (non-hydrogen) atoms. The summed E-state index contributed by atoms with van der Waals surface area (Å²) in [6, 6.07) is 9.86. The molecular weight excluding hydrogens is 344 g/mol. The Kier molecular flexibility index (Phi) is 6.53. The standard InChI is InChI=1S/C17H22N2O3S2/c1-3-13(2)19-24(21,22)16-8-6-14(7-9-16)17(20)18-11-10-15-5-4-12-23-15/h4-9,12-13,19H,3,10-11H2,1-2H3,(H,18,20). The lowest BCUT2D eigenvalue weighted by Crippen LogP contribution is -2.32. The van der Waals surface area contributed by atoms with Crippen LogP contribution in [-0.2, 0) is 16.4 Å². The first-order valence-electron chi connectivity index (χ1n) is 7.85. The molecule has 1 heterocycles. The largest absolute Gasteiger partial charge is 0.352 e. The Morgan fingerprint density at radius 1 is 1.21 bits per heavy atom. The maximum Gasteiger partial charge on any atom is 0.251 e. The van der Waals surface area contributed by atoms with Gasteiger partial charge in [0.15, 0.2) is 0 Å². The number of thiophene rings is 1. The van der Waals surface area contributed by atoms with Crippen LogP contribution in [0.5, 0.6) is 0 Å². The smallest absolute Gasteiger partial charge is 0.251 e. The molecule has 0 spiro atoms. The van der Waals surface area contributed by atoms with Gasteiger partial charge >= 0.3 is 0 Å². The third-order valence-electron chi connectivity index (χ3n) is 3.63. The van der Waals surface area contributed by atoms with Crippen LogP contribution in [0.25, 0.3) is 0 Å². The number of sulfonamides is 1. The number of carbonyl (C=O) groups excluding carboxylic acids is 1. The van der Waals surface area contributed by atoms with E-state index >= 15 is 0 Å². The molecule has 7 heteroatoms. The van der Waals surface area contributed by atoms with Crippen molar-refractivity contribution in [1.29, 1.82) is 0 Å². The van der Waals surface area contributed by atoms with Gasteiger partial charge in [0.2, 0.25) is 10.0 Å². The van der Waals surface area contributed by atoms with Gasteiger partial charge < -0.3 is 5.32 Å². The lowest BCUT2D eigenvalue weighted by molar-refractivity contribution is 0.0954. The molecule has 1 amide bonds. The van der Waals surface area contributed by atoms with Gasteiger partial charge in [-0.05, 0) is 55.5 Å². The van der Waals surface area contributed by atoms with Gasteiger partial charge in [0.05, 0.1) is 4.90 Å². The van der Waals surface area contributed by atoms with Crippen molar-refractivity contribution < 1.29 is 13.2 Å². The van der Waals surface area contributed by atoms with Crippen LogP contribution in [0.2, 0.25) is 0 Å². The lowest BCUT2D eigenvalue weighted by atomic mass is 10.2. The second kappa shape index (κ2) is 8.41. The van der Waals surface area contributed by atoms with Crippen molar-refractivity contribution in [3.05, 3.63) is 52.2 Å². The molecular formula is C17H22N2O3S2. The molecule has 0 fully saturated rings. The number of rotatable bonds is 8. The molecule has 130 valence electrons. The fourth-order valence-corrected chi connectivity index (χ4v) is 4.09. The summed E-state index contributed by atoms with van der Waals surface area (Å²) in [4.78, 5) is 13.5. The average Bonchev–Trinajstić information content (AvgIpc) is 3.07. The molecule has 0 saturated carbocycles. The van der Waals surface area contributed by atoms with Crippen LogP contribution in [0.15, 0.2) is 46.7 Å². The van der Waals surface area contributed by atoms with Crippen LogP contribution >= 0.6 is 11.3 Å². The summed E-state index contributed by atoms with van der Waals surface area (Å²) < 4.78 is 26.9. The van der Waals surface area contributed by atoms with Gasteiger partial charge in [-0.3, -0.25) is 4.79 Å². The Bertz CT molecular complexity index is 754. The number of hydrogen-bond donors (Lipinski definition) is 2.